The molecule has 2 heterocycles. The molecule has 1 N–H and O–H groups in total. The second-order valence-corrected chi connectivity index (χ2v) is 12.0. The minimum absolute atomic E-state index is 0.0140. The highest BCUT2D eigenvalue weighted by atomic mass is 32.2. The number of rotatable bonds is 8. The fourth-order valence-electron chi connectivity index (χ4n) is 4.14. The molecule has 2 aromatic rings. The molecular formula is C26H35N3O6S. The van der Waals surface area contributed by atoms with Crippen LogP contribution in [0, 0.1) is 0 Å². The lowest BCUT2D eigenvalue weighted by Crippen LogP contribution is -2.35. The molecule has 1 aromatic carbocycles. The van der Waals surface area contributed by atoms with Gasteiger partial charge in [-0.1, -0.05) is 26.0 Å². The van der Waals surface area contributed by atoms with Crippen LogP contribution < -0.4 is 5.32 Å². The highest BCUT2D eigenvalue weighted by Crippen LogP contribution is 2.36. The van der Waals surface area contributed by atoms with Crippen molar-refractivity contribution < 1.29 is 27.5 Å². The molecule has 0 spiro atoms. The molecule has 2 atom stereocenters. The van der Waals surface area contributed by atoms with Gasteiger partial charge in [0.1, 0.15) is 5.60 Å². The van der Waals surface area contributed by atoms with Crippen molar-refractivity contribution in [3.05, 3.63) is 58.9 Å². The summed E-state index contributed by atoms with van der Waals surface area (Å²) in [6, 6.07) is 7.48. The topological polar surface area (TPSA) is 115 Å². The summed E-state index contributed by atoms with van der Waals surface area (Å²) in [5, 5.41) is 2.95. The lowest BCUT2D eigenvalue weighted by atomic mass is 10.1. The van der Waals surface area contributed by atoms with Gasteiger partial charge in [-0.3, -0.25) is 14.7 Å². The number of nitrogens with zero attached hydrogens (tertiary/aromatic N) is 2. The number of nitrogens with one attached hydrogen (secondary N) is 1. The van der Waals surface area contributed by atoms with E-state index in [1.54, 1.807) is 30.0 Å². The number of carbonyl (C=O) groups is 2. The van der Waals surface area contributed by atoms with Gasteiger partial charge >= 0.3 is 6.09 Å². The van der Waals surface area contributed by atoms with Crippen LogP contribution in [0.15, 0.2) is 41.4 Å². The van der Waals surface area contributed by atoms with Gasteiger partial charge < -0.3 is 14.8 Å². The van der Waals surface area contributed by atoms with E-state index in [0.717, 1.165) is 16.8 Å². The fourth-order valence-corrected chi connectivity index (χ4v) is 5.03. The van der Waals surface area contributed by atoms with Crippen molar-refractivity contribution >= 4 is 21.8 Å². The molecule has 196 valence electrons. The standard InChI is InChI=1S/C26H35N3O6S/c1-7-22-23-19(15-29(22)25(31)35-26(3,4)5)13-18(14-27-23)24(30)28-21(16-34-6)17-9-11-20(12-10-17)36(32,33)8-2/h9-14,21-22H,7-8,15-16H2,1-6H3,(H,28,30)/t21-,22?/m0/s1. The molecule has 1 unspecified atom stereocenters. The first-order valence-corrected chi connectivity index (χ1v) is 13.7. The minimum atomic E-state index is -3.32. The van der Waals surface area contributed by atoms with Crippen molar-refractivity contribution in [1.82, 2.24) is 15.2 Å². The van der Waals surface area contributed by atoms with E-state index in [9.17, 15) is 18.0 Å². The summed E-state index contributed by atoms with van der Waals surface area (Å²) >= 11 is 0. The molecule has 0 saturated heterocycles. The quantitative estimate of drug-likeness (QED) is 0.558. The van der Waals surface area contributed by atoms with E-state index in [1.165, 1.54) is 25.4 Å². The Labute approximate surface area is 213 Å². The molecular weight excluding hydrogens is 482 g/mol. The number of benzene rings is 1. The van der Waals surface area contributed by atoms with Gasteiger partial charge in [0.15, 0.2) is 9.84 Å². The van der Waals surface area contributed by atoms with Crippen LogP contribution in [0.4, 0.5) is 4.79 Å². The number of hydrogen-bond donors (Lipinski definition) is 1. The van der Waals surface area contributed by atoms with Crippen molar-refractivity contribution in [2.24, 2.45) is 0 Å². The van der Waals surface area contributed by atoms with Gasteiger partial charge in [0.25, 0.3) is 5.91 Å². The van der Waals surface area contributed by atoms with Gasteiger partial charge in [-0.15, -0.1) is 0 Å². The normalized spacial score (nSPS) is 16.4. The Hall–Kier alpha value is -2.98. The summed E-state index contributed by atoms with van der Waals surface area (Å²) in [6.45, 7) is 9.55. The maximum atomic E-state index is 13.1. The number of methoxy groups -OCH3 is 1. The Bertz CT molecular complexity index is 1210. The van der Waals surface area contributed by atoms with Gasteiger partial charge in [0, 0.05) is 13.3 Å². The third-order valence-electron chi connectivity index (χ3n) is 5.97. The lowest BCUT2D eigenvalue weighted by Gasteiger charge is -2.28. The number of pyridine rings is 1. The van der Waals surface area contributed by atoms with Crippen molar-refractivity contribution in [1.29, 1.82) is 0 Å². The number of amides is 2. The molecule has 3 rings (SSSR count). The Morgan fingerprint density at radius 2 is 1.86 bits per heavy atom. The summed E-state index contributed by atoms with van der Waals surface area (Å²) in [4.78, 5) is 32.3. The van der Waals surface area contributed by atoms with Crippen molar-refractivity contribution in [2.75, 3.05) is 19.5 Å². The first kappa shape index (κ1) is 27.6. The van der Waals surface area contributed by atoms with Crippen molar-refractivity contribution in [2.45, 2.75) is 70.2 Å². The highest BCUT2D eigenvalue weighted by molar-refractivity contribution is 7.91. The van der Waals surface area contributed by atoms with E-state index >= 15 is 0 Å². The van der Waals surface area contributed by atoms with Crippen LogP contribution in [0.3, 0.4) is 0 Å². The molecule has 2 amide bonds. The van der Waals surface area contributed by atoms with Crippen molar-refractivity contribution in [3.63, 3.8) is 0 Å². The van der Waals surface area contributed by atoms with Gasteiger partial charge in [-0.05, 0) is 56.5 Å². The summed E-state index contributed by atoms with van der Waals surface area (Å²) in [5.41, 5.74) is 2.04. The minimum Gasteiger partial charge on any atom is -0.444 e. The first-order chi connectivity index (χ1) is 16.9. The van der Waals surface area contributed by atoms with Gasteiger partial charge in [-0.25, -0.2) is 13.2 Å². The summed E-state index contributed by atoms with van der Waals surface area (Å²) < 4.78 is 35.1. The Morgan fingerprint density at radius 1 is 1.19 bits per heavy atom. The van der Waals surface area contributed by atoms with Crippen LogP contribution in [0.25, 0.3) is 0 Å². The number of sulfone groups is 1. The molecule has 0 saturated carbocycles. The molecule has 10 heteroatoms. The number of ether oxygens (including phenoxy) is 2. The summed E-state index contributed by atoms with van der Waals surface area (Å²) in [7, 11) is -1.79. The smallest absolute Gasteiger partial charge is 0.411 e. The number of carbonyl (C=O) groups excluding carboxylic acids is 2. The largest absolute Gasteiger partial charge is 0.444 e. The molecule has 0 bridgehead atoms. The summed E-state index contributed by atoms with van der Waals surface area (Å²) in [6.07, 6.45) is 1.77. The Balaban J connectivity index is 1.79. The van der Waals surface area contributed by atoms with Crippen LogP contribution in [0.2, 0.25) is 0 Å². The van der Waals surface area contributed by atoms with Gasteiger partial charge in [-0.2, -0.15) is 0 Å². The Kier molecular flexibility index (Phi) is 8.40. The van der Waals surface area contributed by atoms with Crippen LogP contribution >= 0.6 is 0 Å². The van der Waals surface area contributed by atoms with Crippen LogP contribution in [0.1, 0.15) is 80.3 Å². The van der Waals surface area contributed by atoms with E-state index in [-0.39, 0.29) is 29.2 Å². The molecule has 1 aromatic heterocycles. The van der Waals surface area contributed by atoms with Gasteiger partial charge in [0.2, 0.25) is 0 Å². The second kappa shape index (κ2) is 11.0. The maximum absolute atomic E-state index is 13.1. The van der Waals surface area contributed by atoms with E-state index in [1.807, 2.05) is 27.7 Å². The predicted molar refractivity (Wildman–Crippen MR) is 135 cm³/mol. The van der Waals surface area contributed by atoms with E-state index < -0.39 is 27.6 Å². The zero-order chi connectivity index (χ0) is 26.7. The molecule has 36 heavy (non-hydrogen) atoms. The third-order valence-corrected chi connectivity index (χ3v) is 7.72. The third kappa shape index (κ3) is 6.22. The first-order valence-electron chi connectivity index (χ1n) is 12.0. The van der Waals surface area contributed by atoms with E-state index in [2.05, 4.69) is 10.3 Å². The molecule has 9 nitrogen and oxygen atoms in total. The van der Waals surface area contributed by atoms with Crippen LogP contribution in [-0.4, -0.2) is 55.4 Å². The molecule has 0 fully saturated rings. The number of hydrogen-bond acceptors (Lipinski definition) is 7. The Morgan fingerprint density at radius 3 is 2.42 bits per heavy atom. The SMILES string of the molecule is CCC1c2ncc(C(=O)N[C@@H](COC)c3ccc(S(=O)(=O)CC)cc3)cc2CN1C(=O)OC(C)(C)C. The zero-order valence-corrected chi connectivity index (χ0v) is 22.5. The molecule has 0 radical (unpaired) electrons. The average Bonchev–Trinajstić information content (AvgIpc) is 3.21. The predicted octanol–water partition coefficient (Wildman–Crippen LogP) is 4.19. The highest BCUT2D eigenvalue weighted by Gasteiger charge is 2.36. The molecule has 1 aliphatic heterocycles. The monoisotopic (exact) mass is 517 g/mol. The lowest BCUT2D eigenvalue weighted by molar-refractivity contribution is 0.0166. The van der Waals surface area contributed by atoms with Gasteiger partial charge in [0.05, 0.1) is 47.1 Å². The van der Waals surface area contributed by atoms with E-state index in [4.69, 9.17) is 9.47 Å². The second-order valence-electron chi connectivity index (χ2n) is 9.75. The summed E-state index contributed by atoms with van der Waals surface area (Å²) in [5.74, 6) is -0.332. The van der Waals surface area contributed by atoms with E-state index in [0.29, 0.717) is 18.5 Å². The van der Waals surface area contributed by atoms with Crippen LogP contribution in [0.5, 0.6) is 0 Å². The average molecular weight is 518 g/mol. The fraction of sp³-hybridized carbons (Fsp3) is 0.500. The number of aromatic nitrogens is 1. The zero-order valence-electron chi connectivity index (χ0n) is 21.7. The molecule has 0 aliphatic carbocycles. The van der Waals surface area contributed by atoms with Crippen LogP contribution in [-0.2, 0) is 25.9 Å². The van der Waals surface area contributed by atoms with Crippen molar-refractivity contribution in [3.8, 4) is 0 Å². The maximum Gasteiger partial charge on any atom is 0.411 e. The molecule has 1 aliphatic rings. The number of fused-ring (bicyclic) bond motifs is 1.